The van der Waals surface area contributed by atoms with E-state index in [1.165, 1.54) is 14.2 Å². The predicted octanol–water partition coefficient (Wildman–Crippen LogP) is 2.92. The van der Waals surface area contributed by atoms with Crippen LogP contribution in [0.3, 0.4) is 0 Å². The molecule has 0 bridgehead atoms. The largest absolute Gasteiger partial charge is 0.461 e. The van der Waals surface area contributed by atoms with E-state index in [2.05, 4.69) is 0 Å². The predicted molar refractivity (Wildman–Crippen MR) is 122 cm³/mol. The highest BCUT2D eigenvalue weighted by molar-refractivity contribution is 5.69. The lowest BCUT2D eigenvalue weighted by Crippen LogP contribution is -2.72. The van der Waals surface area contributed by atoms with Crippen LogP contribution in [-0.2, 0) is 44.6 Å². The molecule has 1 N–H and O–H groups in total. The summed E-state index contributed by atoms with van der Waals surface area (Å²) < 4.78 is 40.7. The molecular formula is C25H38O9. The van der Waals surface area contributed by atoms with Crippen molar-refractivity contribution in [1.82, 2.24) is 0 Å². The normalized spacial score (nSPS) is 35.5. The van der Waals surface area contributed by atoms with Crippen LogP contribution >= 0.6 is 0 Å². The van der Waals surface area contributed by atoms with Crippen molar-refractivity contribution in [3.8, 4) is 0 Å². The fourth-order valence-electron chi connectivity index (χ4n) is 4.22. The van der Waals surface area contributed by atoms with Crippen LogP contribution in [0.4, 0.5) is 0 Å². The third-order valence-electron chi connectivity index (χ3n) is 6.64. The van der Waals surface area contributed by atoms with Gasteiger partial charge in [0.2, 0.25) is 11.6 Å². The second-order valence-electron chi connectivity index (χ2n) is 8.88. The smallest absolute Gasteiger partial charge is 0.306 e. The first-order valence-corrected chi connectivity index (χ1v) is 11.9. The van der Waals surface area contributed by atoms with Crippen molar-refractivity contribution in [3.05, 3.63) is 35.9 Å². The summed E-state index contributed by atoms with van der Waals surface area (Å²) in [5.41, 5.74) is 0.954. The molecule has 4 unspecified atom stereocenters. The molecule has 2 aliphatic rings. The Morgan fingerprint density at radius 1 is 1.03 bits per heavy atom. The van der Waals surface area contributed by atoms with Crippen molar-refractivity contribution < 1.29 is 43.1 Å². The lowest BCUT2D eigenvalue weighted by molar-refractivity contribution is -0.479. The number of hydrogen-bond donors (Lipinski definition) is 1. The molecule has 192 valence electrons. The number of unbranched alkanes of at least 4 members (excludes halogenated alkanes) is 1. The number of fused-ring (bicyclic) bond motifs is 1. The maximum absolute atomic E-state index is 12.0. The summed E-state index contributed by atoms with van der Waals surface area (Å²) in [4.78, 5) is 12.0. The fourth-order valence-corrected chi connectivity index (χ4v) is 4.22. The van der Waals surface area contributed by atoms with Crippen LogP contribution < -0.4 is 0 Å². The molecule has 7 atom stereocenters. The lowest BCUT2D eigenvalue weighted by atomic mass is 9.93. The molecule has 2 heterocycles. The van der Waals surface area contributed by atoms with Gasteiger partial charge in [-0.15, -0.1) is 0 Å². The zero-order valence-electron chi connectivity index (χ0n) is 20.7. The molecule has 0 saturated carbocycles. The van der Waals surface area contributed by atoms with Gasteiger partial charge in [0.1, 0.15) is 24.9 Å². The van der Waals surface area contributed by atoms with E-state index in [0.717, 1.165) is 5.56 Å². The number of aliphatic hydroxyl groups excluding tert-OH is 1. The van der Waals surface area contributed by atoms with Gasteiger partial charge in [0, 0.05) is 27.2 Å². The molecule has 9 nitrogen and oxygen atoms in total. The molecule has 2 saturated heterocycles. The number of hydrogen-bond acceptors (Lipinski definition) is 9. The summed E-state index contributed by atoms with van der Waals surface area (Å²) in [7, 11) is 3.02. The molecule has 0 aliphatic carbocycles. The van der Waals surface area contributed by atoms with Gasteiger partial charge < -0.3 is 38.3 Å². The fraction of sp³-hybridized carbons (Fsp3) is 0.720. The SMILES string of the molecule is CCC1O[C@H](OCCCCC(=O)OCc2ccccc2)C(O)[C@H]2OC(C)(OC)C(C)(OC)O[C@H]12. The first-order chi connectivity index (χ1) is 16.3. The highest BCUT2D eigenvalue weighted by Gasteiger charge is 2.62. The summed E-state index contributed by atoms with van der Waals surface area (Å²) in [6, 6.07) is 9.56. The first kappa shape index (κ1) is 27.0. The van der Waals surface area contributed by atoms with Crippen molar-refractivity contribution in [1.29, 1.82) is 0 Å². The van der Waals surface area contributed by atoms with E-state index < -0.39 is 36.2 Å². The van der Waals surface area contributed by atoms with Crippen molar-refractivity contribution in [2.24, 2.45) is 0 Å². The maximum Gasteiger partial charge on any atom is 0.306 e. The minimum Gasteiger partial charge on any atom is -0.461 e. The van der Waals surface area contributed by atoms with Gasteiger partial charge in [0.05, 0.1) is 6.10 Å². The molecule has 0 aromatic heterocycles. The average molecular weight is 483 g/mol. The van der Waals surface area contributed by atoms with Gasteiger partial charge >= 0.3 is 5.97 Å². The first-order valence-electron chi connectivity index (χ1n) is 11.9. The topological polar surface area (TPSA) is 102 Å². The summed E-state index contributed by atoms with van der Waals surface area (Å²) in [5, 5.41) is 10.9. The molecule has 0 radical (unpaired) electrons. The Morgan fingerprint density at radius 3 is 2.29 bits per heavy atom. The van der Waals surface area contributed by atoms with Gasteiger partial charge in [-0.05, 0) is 38.7 Å². The Hall–Kier alpha value is -1.59. The molecule has 2 aliphatic heterocycles. The maximum atomic E-state index is 12.0. The van der Waals surface area contributed by atoms with E-state index in [1.54, 1.807) is 13.8 Å². The van der Waals surface area contributed by atoms with Crippen LogP contribution in [0.1, 0.15) is 52.0 Å². The number of benzene rings is 1. The Kier molecular flexibility index (Phi) is 9.45. The van der Waals surface area contributed by atoms with E-state index >= 15 is 0 Å². The minimum atomic E-state index is -1.23. The zero-order valence-corrected chi connectivity index (χ0v) is 20.7. The van der Waals surface area contributed by atoms with Gasteiger partial charge in [0.15, 0.2) is 6.29 Å². The third-order valence-corrected chi connectivity index (χ3v) is 6.64. The summed E-state index contributed by atoms with van der Waals surface area (Å²) >= 11 is 0. The number of aliphatic hydroxyl groups is 1. The van der Waals surface area contributed by atoms with Crippen molar-refractivity contribution >= 4 is 5.97 Å². The summed E-state index contributed by atoms with van der Waals surface area (Å²) in [6.45, 7) is 6.00. The number of esters is 1. The molecule has 3 rings (SSSR count). The standard InChI is InChI=1S/C25H38O9/c1-6-18-21-22(34-25(3,29-5)24(2,28-4)33-21)20(27)23(32-18)30-15-11-10-14-19(26)31-16-17-12-8-7-9-13-17/h7-9,12-13,18,20-23,27H,6,10-11,14-16H2,1-5H3/t18?,20?,21-,22-,23+,24?,25?/m1/s1. The van der Waals surface area contributed by atoms with Crippen LogP contribution in [0.5, 0.6) is 0 Å². The molecule has 1 aromatic rings. The summed E-state index contributed by atoms with van der Waals surface area (Å²) in [5.74, 6) is -2.66. The van der Waals surface area contributed by atoms with Crippen LogP contribution in [0.25, 0.3) is 0 Å². The van der Waals surface area contributed by atoms with Crippen molar-refractivity contribution in [3.63, 3.8) is 0 Å². The minimum absolute atomic E-state index is 0.250. The Balaban J connectivity index is 1.46. The van der Waals surface area contributed by atoms with Gasteiger partial charge in [-0.3, -0.25) is 4.79 Å². The van der Waals surface area contributed by atoms with Gasteiger partial charge in [-0.2, -0.15) is 0 Å². The second-order valence-corrected chi connectivity index (χ2v) is 8.88. The van der Waals surface area contributed by atoms with E-state index in [1.807, 2.05) is 37.3 Å². The Labute approximate surface area is 201 Å². The highest BCUT2D eigenvalue weighted by atomic mass is 16.8. The molecule has 1 aromatic carbocycles. The average Bonchev–Trinajstić information content (AvgIpc) is 2.85. The highest BCUT2D eigenvalue weighted by Crippen LogP contribution is 2.44. The van der Waals surface area contributed by atoms with E-state index in [4.69, 9.17) is 33.2 Å². The quantitative estimate of drug-likeness (QED) is 0.377. The van der Waals surface area contributed by atoms with Gasteiger partial charge in [-0.1, -0.05) is 37.3 Å². The van der Waals surface area contributed by atoms with E-state index in [9.17, 15) is 9.90 Å². The van der Waals surface area contributed by atoms with Crippen molar-refractivity contribution in [2.45, 2.75) is 95.3 Å². The van der Waals surface area contributed by atoms with Crippen LogP contribution in [-0.4, -0.2) is 74.2 Å². The molecule has 9 heteroatoms. The molecular weight excluding hydrogens is 444 g/mol. The summed E-state index contributed by atoms with van der Waals surface area (Å²) in [6.07, 6.45) is -1.44. The van der Waals surface area contributed by atoms with E-state index in [0.29, 0.717) is 32.3 Å². The number of methoxy groups -OCH3 is 2. The third kappa shape index (κ3) is 5.96. The molecule has 0 amide bonds. The van der Waals surface area contributed by atoms with Crippen LogP contribution in [0, 0.1) is 0 Å². The Bertz CT molecular complexity index is 775. The number of carbonyl (C=O) groups is 1. The molecule has 0 spiro atoms. The monoisotopic (exact) mass is 482 g/mol. The Morgan fingerprint density at radius 2 is 1.68 bits per heavy atom. The van der Waals surface area contributed by atoms with Gasteiger partial charge in [-0.25, -0.2) is 0 Å². The number of rotatable bonds is 11. The van der Waals surface area contributed by atoms with Crippen LogP contribution in [0.2, 0.25) is 0 Å². The van der Waals surface area contributed by atoms with E-state index in [-0.39, 0.29) is 18.7 Å². The molecule has 2 fully saturated rings. The molecule has 34 heavy (non-hydrogen) atoms. The second kappa shape index (κ2) is 11.9. The zero-order chi connectivity index (χ0) is 24.8. The van der Waals surface area contributed by atoms with Crippen molar-refractivity contribution in [2.75, 3.05) is 20.8 Å². The number of carbonyl (C=O) groups excluding carboxylic acids is 1. The van der Waals surface area contributed by atoms with Crippen LogP contribution in [0.15, 0.2) is 30.3 Å². The van der Waals surface area contributed by atoms with Gasteiger partial charge in [0.25, 0.3) is 0 Å². The lowest BCUT2D eigenvalue weighted by Gasteiger charge is -2.56. The number of ether oxygens (including phenoxy) is 7.